The SMILES string of the molecule is CC(C)c1nc2ccc(Br)cc2c(=O)n1N=Cc1ccc(OCc2cccc(F)c2)c(I)c1. The number of nitrogens with zero attached hydrogens (tertiary/aromatic N) is 3. The van der Waals surface area contributed by atoms with Crippen molar-refractivity contribution in [2.24, 2.45) is 5.10 Å². The van der Waals surface area contributed by atoms with E-state index in [1.54, 1.807) is 18.3 Å². The monoisotopic (exact) mass is 619 g/mol. The third-order valence-corrected chi connectivity index (χ3v) is 6.25. The van der Waals surface area contributed by atoms with E-state index in [2.05, 4.69) is 48.6 Å². The highest BCUT2D eigenvalue weighted by Crippen LogP contribution is 2.23. The van der Waals surface area contributed by atoms with E-state index < -0.39 is 0 Å². The van der Waals surface area contributed by atoms with Crippen LogP contribution in [0.25, 0.3) is 10.9 Å². The molecule has 4 aromatic rings. The predicted octanol–water partition coefficient (Wildman–Crippen LogP) is 6.49. The van der Waals surface area contributed by atoms with Crippen molar-refractivity contribution in [1.82, 2.24) is 9.66 Å². The van der Waals surface area contributed by atoms with Crippen LogP contribution in [0.4, 0.5) is 4.39 Å². The highest BCUT2D eigenvalue weighted by atomic mass is 127. The Morgan fingerprint density at radius 2 is 2.00 bits per heavy atom. The third-order valence-electron chi connectivity index (χ3n) is 4.91. The maximum absolute atomic E-state index is 13.4. The van der Waals surface area contributed by atoms with Gasteiger partial charge in [0.1, 0.15) is 24.0 Å². The van der Waals surface area contributed by atoms with Gasteiger partial charge < -0.3 is 4.74 Å². The summed E-state index contributed by atoms with van der Waals surface area (Å²) in [6.07, 6.45) is 1.64. The van der Waals surface area contributed by atoms with E-state index in [1.165, 1.54) is 16.8 Å². The average Bonchev–Trinajstić information content (AvgIpc) is 2.78. The van der Waals surface area contributed by atoms with Crippen molar-refractivity contribution in [3.63, 3.8) is 0 Å². The number of ether oxygens (including phenoxy) is 1. The number of hydrogen-bond acceptors (Lipinski definition) is 4. The van der Waals surface area contributed by atoms with Gasteiger partial charge in [-0.2, -0.15) is 9.78 Å². The lowest BCUT2D eigenvalue weighted by molar-refractivity contribution is 0.303. The highest BCUT2D eigenvalue weighted by Gasteiger charge is 2.14. The summed E-state index contributed by atoms with van der Waals surface area (Å²) in [6.45, 7) is 4.23. The van der Waals surface area contributed by atoms with E-state index in [-0.39, 0.29) is 23.9 Å². The van der Waals surface area contributed by atoms with Crippen LogP contribution in [0, 0.1) is 9.39 Å². The van der Waals surface area contributed by atoms with Crippen LogP contribution in [0.2, 0.25) is 0 Å². The molecule has 0 saturated carbocycles. The lowest BCUT2D eigenvalue weighted by Gasteiger charge is -2.12. The highest BCUT2D eigenvalue weighted by molar-refractivity contribution is 14.1. The van der Waals surface area contributed by atoms with Gasteiger partial charge in [-0.05, 0) is 82.2 Å². The molecule has 0 spiro atoms. The number of benzene rings is 3. The summed E-state index contributed by atoms with van der Waals surface area (Å²) in [5.41, 5.74) is 2.00. The van der Waals surface area contributed by atoms with Gasteiger partial charge in [-0.25, -0.2) is 9.37 Å². The Labute approximate surface area is 212 Å². The second-order valence-electron chi connectivity index (χ2n) is 7.76. The molecule has 0 saturated heterocycles. The zero-order valence-electron chi connectivity index (χ0n) is 17.9. The molecule has 0 N–H and O–H groups in total. The van der Waals surface area contributed by atoms with Crippen molar-refractivity contribution < 1.29 is 9.13 Å². The molecule has 4 rings (SSSR count). The van der Waals surface area contributed by atoms with Crippen LogP contribution in [-0.2, 0) is 6.61 Å². The molecule has 3 aromatic carbocycles. The summed E-state index contributed by atoms with van der Waals surface area (Å²) >= 11 is 5.60. The fourth-order valence-corrected chi connectivity index (χ4v) is 4.33. The van der Waals surface area contributed by atoms with Crippen LogP contribution in [0.15, 0.2) is 75.0 Å². The average molecular weight is 620 g/mol. The first kappa shape index (κ1) is 23.6. The van der Waals surface area contributed by atoms with E-state index in [4.69, 9.17) is 4.74 Å². The normalized spacial score (nSPS) is 11.6. The molecule has 0 aliphatic heterocycles. The van der Waals surface area contributed by atoms with Gasteiger partial charge >= 0.3 is 0 Å². The third kappa shape index (κ3) is 5.50. The van der Waals surface area contributed by atoms with Crippen LogP contribution in [0.1, 0.15) is 36.7 Å². The number of halogens is 3. The Morgan fingerprint density at radius 1 is 1.18 bits per heavy atom. The van der Waals surface area contributed by atoms with Gasteiger partial charge in [0.25, 0.3) is 5.56 Å². The number of hydrogen-bond donors (Lipinski definition) is 0. The minimum atomic E-state index is -0.288. The van der Waals surface area contributed by atoms with E-state index in [0.29, 0.717) is 22.5 Å². The van der Waals surface area contributed by atoms with Gasteiger partial charge in [0.15, 0.2) is 0 Å². The standard InChI is InChI=1S/C25H20BrFIN3O2/c1-15(2)24-30-22-8-7-18(26)12-20(22)25(32)31(24)29-13-16-6-9-23(21(28)11-16)33-14-17-4-3-5-19(27)10-17/h3-13,15H,14H2,1-2H3. The summed E-state index contributed by atoms with van der Waals surface area (Å²) in [5.74, 6) is 1.01. The Kier molecular flexibility index (Phi) is 7.23. The zero-order valence-corrected chi connectivity index (χ0v) is 21.7. The molecular weight excluding hydrogens is 600 g/mol. The smallest absolute Gasteiger partial charge is 0.282 e. The number of rotatable bonds is 6. The summed E-state index contributed by atoms with van der Waals surface area (Å²) < 4.78 is 22.2. The fraction of sp³-hybridized carbons (Fsp3) is 0.160. The molecule has 0 unspecified atom stereocenters. The second-order valence-corrected chi connectivity index (χ2v) is 9.83. The largest absolute Gasteiger partial charge is 0.488 e. The molecule has 0 amide bonds. The summed E-state index contributed by atoms with van der Waals surface area (Å²) in [5, 5.41) is 4.97. The van der Waals surface area contributed by atoms with Gasteiger partial charge in [-0.1, -0.05) is 41.9 Å². The quantitative estimate of drug-likeness (QED) is 0.183. The molecule has 1 aromatic heterocycles. The van der Waals surface area contributed by atoms with Crippen LogP contribution >= 0.6 is 38.5 Å². The van der Waals surface area contributed by atoms with Crippen molar-refractivity contribution in [3.05, 3.63) is 102 Å². The first-order chi connectivity index (χ1) is 15.8. The van der Waals surface area contributed by atoms with Crippen LogP contribution in [0.3, 0.4) is 0 Å². The van der Waals surface area contributed by atoms with Crippen molar-refractivity contribution in [1.29, 1.82) is 0 Å². The molecule has 8 heteroatoms. The molecule has 1 heterocycles. The lowest BCUT2D eigenvalue weighted by Crippen LogP contribution is -2.23. The number of aromatic nitrogens is 2. The Hall–Kier alpha value is -2.59. The van der Waals surface area contributed by atoms with Gasteiger partial charge in [0.05, 0.1) is 20.7 Å². The minimum absolute atomic E-state index is 0.0154. The molecule has 33 heavy (non-hydrogen) atoms. The fourth-order valence-electron chi connectivity index (χ4n) is 3.28. The van der Waals surface area contributed by atoms with E-state index in [0.717, 1.165) is 19.2 Å². The Balaban J connectivity index is 1.61. The van der Waals surface area contributed by atoms with E-state index >= 15 is 0 Å². The molecule has 0 atom stereocenters. The van der Waals surface area contributed by atoms with E-state index in [9.17, 15) is 9.18 Å². The topological polar surface area (TPSA) is 56.5 Å². The van der Waals surface area contributed by atoms with Crippen LogP contribution in [-0.4, -0.2) is 15.9 Å². The first-order valence-corrected chi connectivity index (χ1v) is 12.1. The molecule has 0 aliphatic carbocycles. The summed E-state index contributed by atoms with van der Waals surface area (Å²) in [4.78, 5) is 17.8. The molecule has 5 nitrogen and oxygen atoms in total. The van der Waals surface area contributed by atoms with Crippen LogP contribution < -0.4 is 10.3 Å². The molecule has 0 bridgehead atoms. The molecule has 168 valence electrons. The Morgan fingerprint density at radius 3 is 2.73 bits per heavy atom. The summed E-state index contributed by atoms with van der Waals surface area (Å²) in [7, 11) is 0. The minimum Gasteiger partial charge on any atom is -0.488 e. The van der Waals surface area contributed by atoms with Gasteiger partial charge in [0.2, 0.25) is 0 Å². The zero-order chi connectivity index (χ0) is 23.5. The first-order valence-electron chi connectivity index (χ1n) is 10.2. The molecule has 0 aliphatic rings. The predicted molar refractivity (Wildman–Crippen MR) is 141 cm³/mol. The lowest BCUT2D eigenvalue weighted by atomic mass is 10.2. The van der Waals surface area contributed by atoms with E-state index in [1.807, 2.05) is 50.2 Å². The Bertz CT molecular complexity index is 1420. The maximum Gasteiger partial charge on any atom is 0.282 e. The molecule has 0 fully saturated rings. The van der Waals surface area contributed by atoms with Gasteiger partial charge in [0, 0.05) is 10.4 Å². The number of fused-ring (bicyclic) bond motifs is 1. The molecule has 0 radical (unpaired) electrons. The van der Waals surface area contributed by atoms with Gasteiger partial charge in [-0.15, -0.1) is 0 Å². The van der Waals surface area contributed by atoms with Crippen molar-refractivity contribution in [2.75, 3.05) is 0 Å². The second kappa shape index (κ2) is 10.1. The van der Waals surface area contributed by atoms with Gasteiger partial charge in [-0.3, -0.25) is 4.79 Å². The van der Waals surface area contributed by atoms with Crippen LogP contribution in [0.5, 0.6) is 5.75 Å². The van der Waals surface area contributed by atoms with Crippen molar-refractivity contribution >= 4 is 55.6 Å². The maximum atomic E-state index is 13.4. The summed E-state index contributed by atoms with van der Waals surface area (Å²) in [6, 6.07) is 17.4. The van der Waals surface area contributed by atoms with Crippen molar-refractivity contribution in [2.45, 2.75) is 26.4 Å². The molecular formula is C25H20BrFIN3O2. The van der Waals surface area contributed by atoms with Crippen molar-refractivity contribution in [3.8, 4) is 5.75 Å².